The van der Waals surface area contributed by atoms with E-state index < -0.39 is 0 Å². The number of benzene rings is 4. The van der Waals surface area contributed by atoms with Crippen LogP contribution >= 0.6 is 0 Å². The quantitative estimate of drug-likeness (QED) is 0.485. The molecule has 32 heavy (non-hydrogen) atoms. The molecule has 0 amide bonds. The van der Waals surface area contributed by atoms with Crippen LogP contribution in [0.3, 0.4) is 0 Å². The molecule has 6 rings (SSSR count). The van der Waals surface area contributed by atoms with Crippen molar-refractivity contribution in [1.82, 2.24) is 5.01 Å². The Labute approximate surface area is 189 Å². The van der Waals surface area contributed by atoms with Crippen LogP contribution in [0.25, 0.3) is 21.9 Å². The zero-order valence-corrected chi connectivity index (χ0v) is 18.5. The van der Waals surface area contributed by atoms with Gasteiger partial charge in [-0.1, -0.05) is 91.0 Å². The van der Waals surface area contributed by atoms with Gasteiger partial charge < -0.3 is 4.90 Å². The Morgan fingerprint density at radius 2 is 1.34 bits per heavy atom. The van der Waals surface area contributed by atoms with Gasteiger partial charge in [-0.25, -0.2) is 0 Å². The Hall–Kier alpha value is -3.43. The maximum atomic E-state index is 5.04. The molecule has 0 spiro atoms. The lowest BCUT2D eigenvalue weighted by molar-refractivity contribution is -0.929. The first kappa shape index (κ1) is 19.3. The molecule has 1 aliphatic carbocycles. The molecule has 3 heteroatoms. The summed E-state index contributed by atoms with van der Waals surface area (Å²) < 4.78 is 0. The summed E-state index contributed by atoms with van der Waals surface area (Å²) in [5, 5.41) is 9.86. The van der Waals surface area contributed by atoms with E-state index in [9.17, 15) is 0 Å². The molecular weight excluding hydrogens is 390 g/mol. The number of hydrogen-bond acceptors (Lipinski definition) is 2. The van der Waals surface area contributed by atoms with Gasteiger partial charge in [0.05, 0.1) is 31.9 Å². The van der Waals surface area contributed by atoms with Gasteiger partial charge in [0.1, 0.15) is 6.04 Å². The average Bonchev–Trinajstić information content (AvgIpc) is 3.19. The normalized spacial score (nSPS) is 16.9. The van der Waals surface area contributed by atoms with Crippen molar-refractivity contribution in [2.75, 3.05) is 26.2 Å². The Balaban J connectivity index is 1.23. The van der Waals surface area contributed by atoms with Crippen molar-refractivity contribution in [2.45, 2.75) is 13.0 Å². The van der Waals surface area contributed by atoms with E-state index in [4.69, 9.17) is 5.10 Å². The van der Waals surface area contributed by atoms with E-state index in [0.29, 0.717) is 6.04 Å². The Morgan fingerprint density at radius 1 is 0.750 bits per heavy atom. The van der Waals surface area contributed by atoms with Gasteiger partial charge in [-0.3, -0.25) is 5.01 Å². The molecule has 1 aliphatic heterocycles. The van der Waals surface area contributed by atoms with Crippen LogP contribution in [-0.2, 0) is 0 Å². The molecule has 2 aliphatic rings. The number of nitrogens with one attached hydrogen (secondary N) is 1. The van der Waals surface area contributed by atoms with E-state index in [1.54, 1.807) is 4.90 Å². The molecule has 0 aromatic heterocycles. The van der Waals surface area contributed by atoms with Gasteiger partial charge in [-0.15, -0.1) is 0 Å². The number of quaternary nitrogens is 1. The second kappa shape index (κ2) is 7.92. The molecule has 1 N–H and O–H groups in total. The van der Waals surface area contributed by atoms with Crippen LogP contribution in [0, 0.1) is 0 Å². The first-order chi connectivity index (χ1) is 15.8. The summed E-state index contributed by atoms with van der Waals surface area (Å²) in [6.07, 6.45) is 0. The fourth-order valence-corrected chi connectivity index (χ4v) is 5.57. The summed E-state index contributed by atoms with van der Waals surface area (Å²) >= 11 is 0. The Kier molecular flexibility index (Phi) is 4.77. The van der Waals surface area contributed by atoms with E-state index in [-0.39, 0.29) is 0 Å². The minimum absolute atomic E-state index is 0.438. The molecule has 1 saturated heterocycles. The number of hydrogen-bond donors (Lipinski definition) is 1. The minimum Gasteiger partial charge on any atom is -0.322 e. The summed E-state index contributed by atoms with van der Waals surface area (Å²) in [6.45, 7) is 6.31. The second-order valence-electron chi connectivity index (χ2n) is 8.93. The van der Waals surface area contributed by atoms with Crippen molar-refractivity contribution < 1.29 is 4.90 Å². The van der Waals surface area contributed by atoms with Crippen molar-refractivity contribution in [2.24, 2.45) is 5.10 Å². The maximum Gasteiger partial charge on any atom is 0.140 e. The number of piperazine rings is 1. The predicted molar refractivity (Wildman–Crippen MR) is 132 cm³/mol. The lowest BCUT2D eigenvalue weighted by Gasteiger charge is -2.35. The summed E-state index contributed by atoms with van der Waals surface area (Å²) in [5.41, 5.74) is 8.11. The Bertz CT molecular complexity index is 1260. The van der Waals surface area contributed by atoms with Crippen LogP contribution in [-0.4, -0.2) is 36.9 Å². The van der Waals surface area contributed by atoms with Crippen LogP contribution in [0.1, 0.15) is 29.7 Å². The van der Waals surface area contributed by atoms with E-state index >= 15 is 0 Å². The van der Waals surface area contributed by atoms with Crippen molar-refractivity contribution in [3.8, 4) is 11.1 Å². The molecule has 0 saturated carbocycles. The lowest BCUT2D eigenvalue weighted by atomic mass is 10.0. The predicted octanol–water partition coefficient (Wildman–Crippen LogP) is 4.53. The Morgan fingerprint density at radius 3 is 2.06 bits per heavy atom. The van der Waals surface area contributed by atoms with Gasteiger partial charge >= 0.3 is 0 Å². The van der Waals surface area contributed by atoms with Crippen LogP contribution in [0.2, 0.25) is 0 Å². The number of fused-ring (bicyclic) bond motifs is 4. The van der Waals surface area contributed by atoms with Crippen LogP contribution in [0.5, 0.6) is 0 Å². The van der Waals surface area contributed by atoms with Gasteiger partial charge in [-0.2, -0.15) is 5.10 Å². The fourth-order valence-electron chi connectivity index (χ4n) is 5.57. The fraction of sp³-hybridized carbons (Fsp3) is 0.207. The molecule has 158 valence electrons. The van der Waals surface area contributed by atoms with E-state index in [1.165, 1.54) is 38.6 Å². The highest BCUT2D eigenvalue weighted by molar-refractivity contribution is 6.09. The summed E-state index contributed by atoms with van der Waals surface area (Å²) in [7, 11) is 0. The van der Waals surface area contributed by atoms with E-state index in [1.807, 2.05) is 0 Å². The highest BCUT2D eigenvalue weighted by Crippen LogP contribution is 2.41. The van der Waals surface area contributed by atoms with Gasteiger partial charge in [0, 0.05) is 16.7 Å². The van der Waals surface area contributed by atoms with Gasteiger partial charge in [0.25, 0.3) is 0 Å². The monoisotopic (exact) mass is 418 g/mol. The number of rotatable bonds is 3. The summed E-state index contributed by atoms with van der Waals surface area (Å²) in [4.78, 5) is 1.65. The van der Waals surface area contributed by atoms with Crippen molar-refractivity contribution in [3.63, 3.8) is 0 Å². The standard InChI is InChI=1S/C29H27N3/c1-21(23-16-8-10-22-9-2-3-11-24(22)23)30-32-19-17-31(18-20-32)29-27-14-6-4-12-25(27)26-13-5-7-15-28(26)29/h2-16,29H,17-20H2,1H3/p+1/b30-21-. The van der Waals surface area contributed by atoms with Crippen molar-refractivity contribution in [3.05, 3.63) is 108 Å². The van der Waals surface area contributed by atoms with Crippen LogP contribution in [0.15, 0.2) is 96.1 Å². The molecule has 0 radical (unpaired) electrons. The highest BCUT2D eigenvalue weighted by atomic mass is 15.5. The molecule has 4 aromatic rings. The third-order valence-electron chi connectivity index (χ3n) is 7.09. The molecule has 1 fully saturated rings. The number of hydrazone groups is 1. The van der Waals surface area contributed by atoms with Gasteiger partial charge in [-0.05, 0) is 28.8 Å². The van der Waals surface area contributed by atoms with Crippen molar-refractivity contribution in [1.29, 1.82) is 0 Å². The molecule has 0 atom stereocenters. The van der Waals surface area contributed by atoms with Crippen LogP contribution in [0.4, 0.5) is 0 Å². The first-order valence-corrected chi connectivity index (χ1v) is 11.6. The minimum atomic E-state index is 0.438. The molecule has 0 bridgehead atoms. The molecule has 3 nitrogen and oxygen atoms in total. The van der Waals surface area contributed by atoms with Gasteiger partial charge in [0.15, 0.2) is 0 Å². The summed E-state index contributed by atoms with van der Waals surface area (Å²) in [6, 6.07) is 33.4. The maximum absolute atomic E-state index is 5.04. The SMILES string of the molecule is C/C(=N/N1CC[NH+](C2c3ccccc3-c3ccccc32)CC1)c1cccc2ccccc12. The lowest BCUT2D eigenvalue weighted by Crippen LogP contribution is -3.14. The van der Waals surface area contributed by atoms with Crippen molar-refractivity contribution >= 4 is 16.5 Å². The zero-order chi connectivity index (χ0) is 21.5. The topological polar surface area (TPSA) is 20.0 Å². The molecule has 4 aromatic carbocycles. The van der Waals surface area contributed by atoms with Crippen LogP contribution < -0.4 is 4.90 Å². The number of nitrogens with zero attached hydrogens (tertiary/aromatic N) is 2. The first-order valence-electron chi connectivity index (χ1n) is 11.6. The molecule has 0 unspecified atom stereocenters. The third-order valence-corrected chi connectivity index (χ3v) is 7.09. The molecular formula is C29H28N3+. The molecule has 1 heterocycles. The smallest absolute Gasteiger partial charge is 0.140 e. The summed E-state index contributed by atoms with van der Waals surface area (Å²) in [5.74, 6) is 0. The largest absolute Gasteiger partial charge is 0.322 e. The van der Waals surface area contributed by atoms with E-state index in [2.05, 4.69) is 103 Å². The second-order valence-corrected chi connectivity index (χ2v) is 8.93. The highest BCUT2D eigenvalue weighted by Gasteiger charge is 2.37. The van der Waals surface area contributed by atoms with E-state index in [0.717, 1.165) is 31.9 Å². The zero-order valence-electron chi connectivity index (χ0n) is 18.5. The van der Waals surface area contributed by atoms with Gasteiger partial charge in [0.2, 0.25) is 0 Å². The average molecular weight is 419 g/mol. The third kappa shape index (κ3) is 3.21.